The Morgan fingerprint density at radius 1 is 1.30 bits per heavy atom. The lowest BCUT2D eigenvalue weighted by Gasteiger charge is -2.47. The Morgan fingerprint density at radius 2 is 2.20 bits per heavy atom. The summed E-state index contributed by atoms with van der Waals surface area (Å²) in [4.78, 5) is 3.64. The molecule has 1 saturated heterocycles. The highest BCUT2D eigenvalue weighted by atomic mass is 15.0. The molecule has 2 heterocycles. The van der Waals surface area contributed by atoms with Gasteiger partial charge in [-0.05, 0) is 55.7 Å². The van der Waals surface area contributed by atoms with Gasteiger partial charge in [-0.15, -0.1) is 6.58 Å². The van der Waals surface area contributed by atoms with E-state index >= 15 is 0 Å². The van der Waals surface area contributed by atoms with Crippen molar-refractivity contribution >= 4 is 10.9 Å². The molecule has 2 nitrogen and oxygen atoms in total. The summed E-state index contributed by atoms with van der Waals surface area (Å²) in [5, 5.41) is 5.23. The molecule has 1 fully saturated rings. The van der Waals surface area contributed by atoms with Crippen LogP contribution in [-0.2, 0) is 6.42 Å². The molecule has 0 saturated carbocycles. The lowest BCUT2D eigenvalue weighted by atomic mass is 9.63. The summed E-state index contributed by atoms with van der Waals surface area (Å²) in [6.45, 7) is 5.15. The van der Waals surface area contributed by atoms with Gasteiger partial charge in [0.2, 0.25) is 0 Å². The van der Waals surface area contributed by atoms with Crippen molar-refractivity contribution in [2.45, 2.75) is 38.1 Å². The van der Waals surface area contributed by atoms with Crippen molar-refractivity contribution in [1.82, 2.24) is 10.3 Å². The Balaban J connectivity index is 1.90. The number of hydrogen-bond donors (Lipinski definition) is 2. The lowest BCUT2D eigenvalue weighted by molar-refractivity contribution is 0.113. The Hall–Kier alpha value is -1.54. The second-order valence-electron chi connectivity index (χ2n) is 6.41. The summed E-state index contributed by atoms with van der Waals surface area (Å²) < 4.78 is 0. The van der Waals surface area contributed by atoms with Gasteiger partial charge in [-0.1, -0.05) is 24.3 Å². The number of aryl methyl sites for hydroxylation is 1. The van der Waals surface area contributed by atoms with E-state index in [1.807, 2.05) is 0 Å². The van der Waals surface area contributed by atoms with Gasteiger partial charge in [0.25, 0.3) is 0 Å². The van der Waals surface area contributed by atoms with Crippen LogP contribution in [0.15, 0.2) is 36.9 Å². The van der Waals surface area contributed by atoms with Gasteiger partial charge >= 0.3 is 0 Å². The first-order valence-electron chi connectivity index (χ1n) is 7.78. The van der Waals surface area contributed by atoms with E-state index in [0.29, 0.717) is 11.5 Å². The van der Waals surface area contributed by atoms with Crippen LogP contribution in [-0.4, -0.2) is 11.5 Å². The number of allylic oxidation sites excluding steroid dienone is 1. The second-order valence-corrected chi connectivity index (χ2v) is 6.41. The van der Waals surface area contributed by atoms with E-state index in [1.54, 1.807) is 0 Å². The average Bonchev–Trinajstić information content (AvgIpc) is 2.86. The van der Waals surface area contributed by atoms with Crippen molar-refractivity contribution in [2.24, 2.45) is 5.41 Å². The van der Waals surface area contributed by atoms with Crippen LogP contribution < -0.4 is 5.32 Å². The summed E-state index contributed by atoms with van der Waals surface area (Å²) in [6, 6.07) is 9.24. The molecular formula is C18H22N2. The van der Waals surface area contributed by atoms with Gasteiger partial charge in [-0.3, -0.25) is 0 Å². The minimum atomic E-state index is 0.387. The minimum Gasteiger partial charge on any atom is -0.358 e. The maximum atomic E-state index is 4.01. The zero-order chi connectivity index (χ0) is 13.6. The number of H-pyrrole nitrogens is 1. The van der Waals surface area contributed by atoms with E-state index in [9.17, 15) is 0 Å². The molecule has 1 aromatic carbocycles. The number of aromatic amines is 1. The standard InChI is InChI=1S/C18H22N2/c1-2-9-18-10-5-12-19-17(18)16-13-6-3-4-7-14(13)20-15(16)8-11-18/h2-4,6-7,17,19-20H,1,5,8-12H2/t17-,18+/m0/s1. The highest BCUT2D eigenvalue weighted by Crippen LogP contribution is 2.52. The average molecular weight is 266 g/mol. The summed E-state index contributed by atoms with van der Waals surface area (Å²) in [6.07, 6.45) is 8.33. The van der Waals surface area contributed by atoms with E-state index in [1.165, 1.54) is 47.8 Å². The number of aromatic nitrogens is 1. The van der Waals surface area contributed by atoms with Crippen LogP contribution in [0.3, 0.4) is 0 Å². The van der Waals surface area contributed by atoms with Crippen LogP contribution in [0.1, 0.15) is 43.0 Å². The van der Waals surface area contributed by atoms with Crippen LogP contribution in [0, 0.1) is 5.41 Å². The predicted octanol–water partition coefficient (Wildman–Crippen LogP) is 4.10. The molecule has 1 aliphatic heterocycles. The summed E-state index contributed by atoms with van der Waals surface area (Å²) >= 11 is 0. The third kappa shape index (κ3) is 1.61. The monoisotopic (exact) mass is 266 g/mol. The first kappa shape index (κ1) is 12.2. The molecule has 0 radical (unpaired) electrons. The van der Waals surface area contributed by atoms with Gasteiger partial charge in [0.05, 0.1) is 0 Å². The van der Waals surface area contributed by atoms with E-state index < -0.39 is 0 Å². The largest absolute Gasteiger partial charge is 0.358 e. The molecular weight excluding hydrogens is 244 g/mol. The number of fused-ring (bicyclic) bond motifs is 5. The number of hydrogen-bond acceptors (Lipinski definition) is 1. The van der Waals surface area contributed by atoms with Crippen molar-refractivity contribution in [3.8, 4) is 0 Å². The predicted molar refractivity (Wildman–Crippen MR) is 83.8 cm³/mol. The Bertz CT molecular complexity index is 654. The summed E-state index contributed by atoms with van der Waals surface area (Å²) in [5.74, 6) is 0. The van der Waals surface area contributed by atoms with Crippen molar-refractivity contribution < 1.29 is 0 Å². The highest BCUT2D eigenvalue weighted by molar-refractivity contribution is 5.85. The molecule has 2 heteroatoms. The molecule has 2 aliphatic rings. The Morgan fingerprint density at radius 3 is 3.10 bits per heavy atom. The SMILES string of the molecule is C=CC[C@]12CCCN[C@H]1c1c([nH]c3ccccc13)CC2. The van der Waals surface area contributed by atoms with Gasteiger partial charge in [-0.25, -0.2) is 0 Å². The van der Waals surface area contributed by atoms with Crippen molar-refractivity contribution in [3.05, 3.63) is 48.2 Å². The molecule has 0 unspecified atom stereocenters. The highest BCUT2D eigenvalue weighted by Gasteiger charge is 2.45. The number of piperidine rings is 1. The topological polar surface area (TPSA) is 27.8 Å². The number of rotatable bonds is 2. The Kier molecular flexibility index (Phi) is 2.74. The molecule has 0 spiro atoms. The molecule has 0 bridgehead atoms. The quantitative estimate of drug-likeness (QED) is 0.787. The first-order valence-corrected chi connectivity index (χ1v) is 7.78. The fourth-order valence-electron chi connectivity index (χ4n) is 4.45. The number of nitrogens with one attached hydrogen (secondary N) is 2. The zero-order valence-corrected chi connectivity index (χ0v) is 11.9. The van der Waals surface area contributed by atoms with Gasteiger partial charge < -0.3 is 10.3 Å². The molecule has 104 valence electrons. The van der Waals surface area contributed by atoms with E-state index in [2.05, 4.69) is 47.2 Å². The van der Waals surface area contributed by atoms with Crippen LogP contribution in [0.4, 0.5) is 0 Å². The van der Waals surface area contributed by atoms with Gasteiger partial charge in [0.1, 0.15) is 0 Å². The van der Waals surface area contributed by atoms with E-state index in [-0.39, 0.29) is 0 Å². The minimum absolute atomic E-state index is 0.387. The number of benzene rings is 1. The second kappa shape index (κ2) is 4.49. The summed E-state index contributed by atoms with van der Waals surface area (Å²) in [5.41, 5.74) is 4.66. The molecule has 0 amide bonds. The maximum absolute atomic E-state index is 4.01. The van der Waals surface area contributed by atoms with Crippen molar-refractivity contribution in [2.75, 3.05) is 6.54 Å². The normalized spacial score (nSPS) is 28.9. The molecule has 2 atom stereocenters. The number of para-hydroxylation sites is 1. The fraction of sp³-hybridized carbons (Fsp3) is 0.444. The van der Waals surface area contributed by atoms with Gasteiger partial charge in [-0.2, -0.15) is 0 Å². The van der Waals surface area contributed by atoms with Gasteiger partial charge in [0.15, 0.2) is 0 Å². The lowest BCUT2D eigenvalue weighted by Crippen LogP contribution is -2.45. The Labute approximate surface area is 120 Å². The third-order valence-corrected chi connectivity index (χ3v) is 5.35. The third-order valence-electron chi connectivity index (χ3n) is 5.35. The molecule has 20 heavy (non-hydrogen) atoms. The van der Waals surface area contributed by atoms with E-state index in [4.69, 9.17) is 0 Å². The smallest absolute Gasteiger partial charge is 0.0459 e. The van der Waals surface area contributed by atoms with Crippen LogP contribution in [0.2, 0.25) is 0 Å². The van der Waals surface area contributed by atoms with Crippen LogP contribution in [0.5, 0.6) is 0 Å². The summed E-state index contributed by atoms with van der Waals surface area (Å²) in [7, 11) is 0. The van der Waals surface area contributed by atoms with Crippen LogP contribution >= 0.6 is 0 Å². The molecule has 1 aliphatic carbocycles. The molecule has 1 aromatic heterocycles. The molecule has 2 aromatic rings. The zero-order valence-electron chi connectivity index (χ0n) is 11.9. The van der Waals surface area contributed by atoms with Crippen LogP contribution in [0.25, 0.3) is 10.9 Å². The molecule has 2 N–H and O–H groups in total. The fourth-order valence-corrected chi connectivity index (χ4v) is 4.45. The maximum Gasteiger partial charge on any atom is 0.0459 e. The van der Waals surface area contributed by atoms with Crippen molar-refractivity contribution in [3.63, 3.8) is 0 Å². The van der Waals surface area contributed by atoms with Gasteiger partial charge in [0, 0.05) is 22.6 Å². The molecule has 4 rings (SSSR count). The van der Waals surface area contributed by atoms with E-state index in [0.717, 1.165) is 13.0 Å². The van der Waals surface area contributed by atoms with Crippen molar-refractivity contribution in [1.29, 1.82) is 0 Å². The first-order chi connectivity index (χ1) is 9.84.